The quantitative estimate of drug-likeness (QED) is 0.899. The number of nitrogens with one attached hydrogen (secondary N) is 1. The molecule has 0 saturated carbocycles. The van der Waals surface area contributed by atoms with Crippen molar-refractivity contribution >= 4 is 0 Å². The minimum atomic E-state index is 0.653. The van der Waals surface area contributed by atoms with Gasteiger partial charge in [0.15, 0.2) is 0 Å². The summed E-state index contributed by atoms with van der Waals surface area (Å²) >= 11 is 0. The molecule has 1 N–H and O–H groups in total. The van der Waals surface area contributed by atoms with Crippen LogP contribution in [0.15, 0.2) is 34.9 Å². The van der Waals surface area contributed by atoms with E-state index in [9.17, 15) is 0 Å². The monoisotopic (exact) mass is 242 g/mol. The Labute approximate surface area is 107 Å². The van der Waals surface area contributed by atoms with Crippen molar-refractivity contribution in [2.24, 2.45) is 0 Å². The Morgan fingerprint density at radius 2 is 2.17 bits per heavy atom. The fourth-order valence-electron chi connectivity index (χ4n) is 2.49. The zero-order chi connectivity index (χ0) is 12.4. The molecule has 0 bridgehead atoms. The Balaban J connectivity index is 1.72. The number of aromatic nitrogens is 1. The number of benzene rings is 1. The molecule has 1 atom stereocenters. The summed E-state index contributed by atoms with van der Waals surface area (Å²) in [5.74, 6) is 0.707. The van der Waals surface area contributed by atoms with Crippen LogP contribution < -0.4 is 5.32 Å². The van der Waals surface area contributed by atoms with E-state index in [0.29, 0.717) is 11.9 Å². The van der Waals surface area contributed by atoms with Gasteiger partial charge in [-0.3, -0.25) is 0 Å². The highest BCUT2D eigenvalue weighted by molar-refractivity contribution is 5.53. The maximum atomic E-state index is 5.40. The topological polar surface area (TPSA) is 38.1 Å². The Kier molecular flexibility index (Phi) is 3.15. The summed E-state index contributed by atoms with van der Waals surface area (Å²) in [6.45, 7) is 3.10. The minimum Gasteiger partial charge on any atom is -0.444 e. The highest BCUT2D eigenvalue weighted by atomic mass is 16.3. The summed E-state index contributed by atoms with van der Waals surface area (Å²) in [4.78, 5) is 4.33. The number of hydrogen-bond donors (Lipinski definition) is 1. The average Bonchev–Trinajstić information content (AvgIpc) is 3.02. The molecule has 3 heteroatoms. The minimum absolute atomic E-state index is 0.653. The first kappa shape index (κ1) is 11.5. The van der Waals surface area contributed by atoms with Gasteiger partial charge in [0.25, 0.3) is 0 Å². The molecule has 1 unspecified atom stereocenters. The molecule has 3 nitrogen and oxygen atoms in total. The van der Waals surface area contributed by atoms with E-state index in [2.05, 4.69) is 34.6 Å². The normalized spacial score (nSPS) is 19.3. The van der Waals surface area contributed by atoms with Crippen LogP contribution in [0.4, 0.5) is 0 Å². The first-order valence-electron chi connectivity index (χ1n) is 6.56. The Morgan fingerprint density at radius 3 is 2.78 bits per heavy atom. The van der Waals surface area contributed by atoms with E-state index in [1.54, 1.807) is 6.26 Å². The molecular formula is C15H18N2O. The Hall–Kier alpha value is -1.61. The van der Waals surface area contributed by atoms with Gasteiger partial charge in [0.2, 0.25) is 5.89 Å². The Morgan fingerprint density at radius 1 is 1.33 bits per heavy atom. The molecule has 0 aliphatic carbocycles. The zero-order valence-electron chi connectivity index (χ0n) is 10.6. The molecule has 1 aliphatic rings. The van der Waals surface area contributed by atoms with Crippen molar-refractivity contribution in [3.8, 4) is 11.5 Å². The molecule has 0 spiro atoms. The number of aryl methyl sites for hydroxylation is 1. The lowest BCUT2D eigenvalue weighted by Crippen LogP contribution is -2.23. The van der Waals surface area contributed by atoms with Crippen LogP contribution in [-0.2, 0) is 6.42 Å². The van der Waals surface area contributed by atoms with Crippen LogP contribution >= 0.6 is 0 Å². The number of hydrogen-bond acceptors (Lipinski definition) is 3. The van der Waals surface area contributed by atoms with Gasteiger partial charge in [0.1, 0.15) is 6.26 Å². The van der Waals surface area contributed by atoms with Crippen LogP contribution in [0.25, 0.3) is 11.5 Å². The van der Waals surface area contributed by atoms with Gasteiger partial charge in [-0.1, -0.05) is 12.1 Å². The molecule has 2 aromatic rings. The van der Waals surface area contributed by atoms with Crippen LogP contribution in [0.1, 0.15) is 24.1 Å². The van der Waals surface area contributed by atoms with Crippen molar-refractivity contribution in [3.05, 3.63) is 41.8 Å². The lowest BCUT2D eigenvalue weighted by molar-refractivity contribution is 0.573. The molecule has 18 heavy (non-hydrogen) atoms. The standard InChI is InChI=1S/C15H18N2O/c1-11-10-18-15(17-11)13-6-4-12(5-7-13)9-14-3-2-8-16-14/h4-7,10,14,16H,2-3,8-9H2,1H3. The third kappa shape index (κ3) is 2.46. The second-order valence-electron chi connectivity index (χ2n) is 4.99. The van der Waals surface area contributed by atoms with Crippen molar-refractivity contribution in [3.63, 3.8) is 0 Å². The number of rotatable bonds is 3. The Bertz CT molecular complexity index is 510. The van der Waals surface area contributed by atoms with E-state index < -0.39 is 0 Å². The average molecular weight is 242 g/mol. The molecule has 1 aromatic carbocycles. The van der Waals surface area contributed by atoms with Gasteiger partial charge in [-0.15, -0.1) is 0 Å². The molecule has 2 heterocycles. The predicted molar refractivity (Wildman–Crippen MR) is 71.4 cm³/mol. The highest BCUT2D eigenvalue weighted by Crippen LogP contribution is 2.20. The molecule has 3 rings (SSSR count). The molecule has 1 saturated heterocycles. The molecule has 0 amide bonds. The fraction of sp³-hybridized carbons (Fsp3) is 0.400. The van der Waals surface area contributed by atoms with Crippen molar-refractivity contribution in [1.29, 1.82) is 0 Å². The van der Waals surface area contributed by atoms with Crippen molar-refractivity contribution in [2.75, 3.05) is 6.54 Å². The summed E-state index contributed by atoms with van der Waals surface area (Å²) in [6, 6.07) is 9.19. The molecule has 0 radical (unpaired) electrons. The fourth-order valence-corrected chi connectivity index (χ4v) is 2.49. The van der Waals surface area contributed by atoms with Crippen LogP contribution in [-0.4, -0.2) is 17.6 Å². The summed E-state index contributed by atoms with van der Waals surface area (Å²) < 4.78 is 5.40. The molecule has 1 aromatic heterocycles. The third-order valence-electron chi connectivity index (χ3n) is 3.46. The van der Waals surface area contributed by atoms with E-state index in [4.69, 9.17) is 4.42 Å². The van der Waals surface area contributed by atoms with E-state index >= 15 is 0 Å². The molecule has 1 aliphatic heterocycles. The van der Waals surface area contributed by atoms with E-state index in [0.717, 1.165) is 17.7 Å². The first-order valence-corrected chi connectivity index (χ1v) is 6.56. The van der Waals surface area contributed by atoms with Crippen LogP contribution in [0.5, 0.6) is 0 Å². The lowest BCUT2D eigenvalue weighted by Gasteiger charge is -2.09. The third-order valence-corrected chi connectivity index (χ3v) is 3.46. The van der Waals surface area contributed by atoms with E-state index in [1.807, 2.05) is 6.92 Å². The first-order chi connectivity index (χ1) is 8.81. The van der Waals surface area contributed by atoms with Crippen molar-refractivity contribution in [1.82, 2.24) is 10.3 Å². The smallest absolute Gasteiger partial charge is 0.226 e. The van der Waals surface area contributed by atoms with Gasteiger partial charge in [-0.05, 0) is 50.4 Å². The highest BCUT2D eigenvalue weighted by Gasteiger charge is 2.14. The van der Waals surface area contributed by atoms with Gasteiger partial charge < -0.3 is 9.73 Å². The molecule has 1 fully saturated rings. The summed E-state index contributed by atoms with van der Waals surface area (Å²) in [6.07, 6.45) is 5.40. The maximum Gasteiger partial charge on any atom is 0.226 e. The van der Waals surface area contributed by atoms with Gasteiger partial charge in [-0.2, -0.15) is 0 Å². The van der Waals surface area contributed by atoms with Crippen LogP contribution in [0.3, 0.4) is 0 Å². The zero-order valence-corrected chi connectivity index (χ0v) is 10.6. The second-order valence-corrected chi connectivity index (χ2v) is 4.99. The summed E-state index contributed by atoms with van der Waals surface area (Å²) in [5, 5.41) is 3.52. The summed E-state index contributed by atoms with van der Waals surface area (Å²) in [5.41, 5.74) is 3.34. The number of nitrogens with zero attached hydrogens (tertiary/aromatic N) is 1. The second kappa shape index (κ2) is 4.94. The lowest BCUT2D eigenvalue weighted by atomic mass is 10.0. The van der Waals surface area contributed by atoms with Gasteiger partial charge in [-0.25, -0.2) is 4.98 Å². The maximum absolute atomic E-state index is 5.40. The van der Waals surface area contributed by atoms with Gasteiger partial charge in [0, 0.05) is 11.6 Å². The van der Waals surface area contributed by atoms with Gasteiger partial charge in [0.05, 0.1) is 5.69 Å². The largest absolute Gasteiger partial charge is 0.444 e. The summed E-state index contributed by atoms with van der Waals surface area (Å²) in [7, 11) is 0. The van der Waals surface area contributed by atoms with Gasteiger partial charge >= 0.3 is 0 Å². The molecular weight excluding hydrogens is 224 g/mol. The predicted octanol–water partition coefficient (Wildman–Crippen LogP) is 2.94. The number of oxazole rings is 1. The van der Waals surface area contributed by atoms with Crippen LogP contribution in [0.2, 0.25) is 0 Å². The van der Waals surface area contributed by atoms with Crippen molar-refractivity contribution < 1.29 is 4.42 Å². The molecule has 94 valence electrons. The van der Waals surface area contributed by atoms with E-state index in [1.165, 1.54) is 24.9 Å². The van der Waals surface area contributed by atoms with Crippen LogP contribution in [0, 0.1) is 6.92 Å². The van der Waals surface area contributed by atoms with Crippen molar-refractivity contribution in [2.45, 2.75) is 32.2 Å². The van der Waals surface area contributed by atoms with E-state index in [-0.39, 0.29) is 0 Å². The SMILES string of the molecule is Cc1coc(-c2ccc(CC3CCCN3)cc2)n1.